The van der Waals surface area contributed by atoms with Gasteiger partial charge in [0.1, 0.15) is 17.6 Å². The van der Waals surface area contributed by atoms with Crippen molar-refractivity contribution in [2.24, 2.45) is 5.73 Å². The van der Waals surface area contributed by atoms with Crippen LogP contribution in [-0.2, 0) is 0 Å². The summed E-state index contributed by atoms with van der Waals surface area (Å²) in [5.74, 6) is 1.61. The van der Waals surface area contributed by atoms with Crippen LogP contribution in [0.3, 0.4) is 0 Å². The maximum atomic E-state index is 6.24. The van der Waals surface area contributed by atoms with Crippen LogP contribution in [0.15, 0.2) is 15.0 Å². The first kappa shape index (κ1) is 13.2. The van der Waals surface area contributed by atoms with E-state index in [0.29, 0.717) is 0 Å². The fraction of sp³-hybridized carbons (Fsp3) is 0.500. The van der Waals surface area contributed by atoms with Crippen LogP contribution < -0.4 is 15.2 Å². The summed E-state index contributed by atoms with van der Waals surface area (Å²) in [4.78, 5) is 0. The van der Waals surface area contributed by atoms with Gasteiger partial charge in [-0.05, 0) is 44.3 Å². The average molecular weight is 365 g/mol. The van der Waals surface area contributed by atoms with E-state index in [2.05, 4.69) is 38.8 Å². The summed E-state index contributed by atoms with van der Waals surface area (Å²) >= 11 is 7.04. The van der Waals surface area contributed by atoms with Crippen LogP contribution in [-0.4, -0.2) is 13.2 Å². The lowest BCUT2D eigenvalue weighted by Crippen LogP contribution is -2.25. The van der Waals surface area contributed by atoms with Crippen LogP contribution in [0.4, 0.5) is 0 Å². The highest BCUT2D eigenvalue weighted by atomic mass is 79.9. The Labute approximate surface area is 118 Å². The monoisotopic (exact) mass is 363 g/mol. The third kappa shape index (κ3) is 2.20. The van der Waals surface area contributed by atoms with Gasteiger partial charge in [-0.25, -0.2) is 0 Å². The van der Waals surface area contributed by atoms with E-state index in [0.717, 1.165) is 38.8 Å². The van der Waals surface area contributed by atoms with E-state index in [1.54, 1.807) is 7.11 Å². The Bertz CT molecular complexity index is 437. The van der Waals surface area contributed by atoms with Gasteiger partial charge in [0.2, 0.25) is 0 Å². The number of ether oxygens (including phenoxy) is 2. The van der Waals surface area contributed by atoms with Crippen LogP contribution >= 0.6 is 31.9 Å². The summed E-state index contributed by atoms with van der Waals surface area (Å²) in [6.45, 7) is 2.13. The highest BCUT2D eigenvalue weighted by molar-refractivity contribution is 9.11. The van der Waals surface area contributed by atoms with Crippen LogP contribution in [0.25, 0.3) is 0 Å². The lowest BCUT2D eigenvalue weighted by atomic mass is 10.0. The topological polar surface area (TPSA) is 44.5 Å². The highest BCUT2D eigenvalue weighted by Crippen LogP contribution is 2.49. The van der Waals surface area contributed by atoms with E-state index in [1.807, 2.05) is 6.07 Å². The molecule has 1 heterocycles. The molecule has 5 heteroatoms. The zero-order valence-corrected chi connectivity index (χ0v) is 13.0. The Morgan fingerprint density at radius 1 is 1.47 bits per heavy atom. The number of hydrogen-bond donors (Lipinski definition) is 1. The first-order valence-corrected chi connectivity index (χ1v) is 7.16. The normalized spacial score (nSPS) is 22.2. The number of benzene rings is 1. The smallest absolute Gasteiger partial charge is 0.140 e. The number of fused-ring (bicyclic) bond motifs is 1. The Hall–Kier alpha value is -0.260. The molecule has 0 radical (unpaired) electrons. The van der Waals surface area contributed by atoms with Gasteiger partial charge in [0.25, 0.3) is 0 Å². The molecule has 1 aromatic carbocycles. The fourth-order valence-corrected chi connectivity index (χ4v) is 3.34. The van der Waals surface area contributed by atoms with Crippen molar-refractivity contribution in [2.75, 3.05) is 7.11 Å². The largest absolute Gasteiger partial charge is 0.496 e. The van der Waals surface area contributed by atoms with Crippen LogP contribution in [0.2, 0.25) is 0 Å². The standard InChI is InChI=1S/C12H15Br2NO2/c1-3-4-7-11(15)9-10(14)8(16-2)5-6(13)12(9)17-7/h5,7,11H,3-4,15H2,1-2H3. The van der Waals surface area contributed by atoms with Crippen molar-refractivity contribution in [3.8, 4) is 11.5 Å². The molecule has 94 valence electrons. The van der Waals surface area contributed by atoms with Crippen molar-refractivity contribution in [1.82, 2.24) is 0 Å². The second-order valence-electron chi connectivity index (χ2n) is 4.09. The second kappa shape index (κ2) is 5.16. The van der Waals surface area contributed by atoms with E-state index < -0.39 is 0 Å². The Kier molecular flexibility index (Phi) is 4.00. The molecule has 0 aromatic heterocycles. The zero-order chi connectivity index (χ0) is 12.6. The maximum absolute atomic E-state index is 6.24. The van der Waals surface area contributed by atoms with E-state index in [1.165, 1.54) is 0 Å². The van der Waals surface area contributed by atoms with E-state index in [-0.39, 0.29) is 12.1 Å². The molecule has 1 aliphatic rings. The zero-order valence-electron chi connectivity index (χ0n) is 9.80. The number of rotatable bonds is 3. The molecular weight excluding hydrogens is 350 g/mol. The first-order valence-electron chi connectivity index (χ1n) is 5.58. The summed E-state index contributed by atoms with van der Waals surface area (Å²) in [5.41, 5.74) is 7.23. The Balaban J connectivity index is 2.47. The van der Waals surface area contributed by atoms with E-state index >= 15 is 0 Å². The van der Waals surface area contributed by atoms with Gasteiger partial charge in [-0.15, -0.1) is 0 Å². The summed E-state index contributed by atoms with van der Waals surface area (Å²) in [7, 11) is 1.64. The van der Waals surface area contributed by atoms with Crippen molar-refractivity contribution in [2.45, 2.75) is 31.9 Å². The second-order valence-corrected chi connectivity index (χ2v) is 5.74. The molecule has 0 saturated carbocycles. The van der Waals surface area contributed by atoms with Crippen molar-refractivity contribution < 1.29 is 9.47 Å². The van der Waals surface area contributed by atoms with E-state index in [9.17, 15) is 0 Å². The summed E-state index contributed by atoms with van der Waals surface area (Å²) in [5, 5.41) is 0. The van der Waals surface area contributed by atoms with Crippen LogP contribution in [0.1, 0.15) is 31.4 Å². The van der Waals surface area contributed by atoms with E-state index in [4.69, 9.17) is 15.2 Å². The third-order valence-corrected chi connectivity index (χ3v) is 4.38. The molecule has 0 fully saturated rings. The Morgan fingerprint density at radius 3 is 2.76 bits per heavy atom. The molecule has 3 nitrogen and oxygen atoms in total. The molecule has 2 rings (SSSR count). The number of halogens is 2. The van der Waals surface area contributed by atoms with Crippen molar-refractivity contribution in [1.29, 1.82) is 0 Å². The predicted molar refractivity (Wildman–Crippen MR) is 74.6 cm³/mol. The minimum atomic E-state index is -0.106. The average Bonchev–Trinajstić information content (AvgIpc) is 2.63. The van der Waals surface area contributed by atoms with Gasteiger partial charge in [0, 0.05) is 5.56 Å². The predicted octanol–water partition coefficient (Wildman–Crippen LogP) is 3.78. The molecule has 0 bridgehead atoms. The van der Waals surface area contributed by atoms with Gasteiger partial charge < -0.3 is 15.2 Å². The summed E-state index contributed by atoms with van der Waals surface area (Å²) in [6.07, 6.45) is 2.06. The molecule has 2 N–H and O–H groups in total. The van der Waals surface area contributed by atoms with Gasteiger partial charge in [-0.1, -0.05) is 13.3 Å². The molecule has 0 saturated heterocycles. The van der Waals surface area contributed by atoms with Crippen LogP contribution in [0, 0.1) is 0 Å². The molecule has 0 aliphatic carbocycles. The highest BCUT2D eigenvalue weighted by Gasteiger charge is 2.35. The Morgan fingerprint density at radius 2 is 2.18 bits per heavy atom. The third-order valence-electron chi connectivity index (χ3n) is 2.97. The molecule has 0 spiro atoms. The molecule has 17 heavy (non-hydrogen) atoms. The molecule has 1 aliphatic heterocycles. The van der Waals surface area contributed by atoms with Gasteiger partial charge >= 0.3 is 0 Å². The lowest BCUT2D eigenvalue weighted by molar-refractivity contribution is 0.194. The number of nitrogens with two attached hydrogens (primary N) is 1. The van der Waals surface area contributed by atoms with Gasteiger partial charge in [-0.2, -0.15) is 0 Å². The minimum Gasteiger partial charge on any atom is -0.496 e. The maximum Gasteiger partial charge on any atom is 0.140 e. The molecule has 0 amide bonds. The fourth-order valence-electron chi connectivity index (χ4n) is 2.10. The quantitative estimate of drug-likeness (QED) is 0.887. The van der Waals surface area contributed by atoms with Crippen LogP contribution in [0.5, 0.6) is 11.5 Å². The van der Waals surface area contributed by atoms with Crippen molar-refractivity contribution >= 4 is 31.9 Å². The molecular formula is C12H15Br2NO2. The number of hydrogen-bond acceptors (Lipinski definition) is 3. The summed E-state index contributed by atoms with van der Waals surface area (Å²) < 4.78 is 13.0. The molecule has 2 unspecified atom stereocenters. The summed E-state index contributed by atoms with van der Waals surface area (Å²) in [6, 6.07) is 1.79. The number of methoxy groups -OCH3 is 1. The SMILES string of the molecule is CCCC1Oc2c(Br)cc(OC)c(Br)c2C1N. The first-order chi connectivity index (χ1) is 8.10. The van der Waals surface area contributed by atoms with Gasteiger partial charge in [0.15, 0.2) is 0 Å². The lowest BCUT2D eigenvalue weighted by Gasteiger charge is -2.14. The minimum absolute atomic E-state index is 0.0507. The van der Waals surface area contributed by atoms with Gasteiger partial charge in [0.05, 0.1) is 22.1 Å². The molecule has 1 aromatic rings. The van der Waals surface area contributed by atoms with Gasteiger partial charge in [-0.3, -0.25) is 0 Å². The van der Waals surface area contributed by atoms with Crippen molar-refractivity contribution in [3.05, 3.63) is 20.6 Å². The molecule has 2 atom stereocenters. The van der Waals surface area contributed by atoms with Crippen molar-refractivity contribution in [3.63, 3.8) is 0 Å².